The van der Waals surface area contributed by atoms with Crippen LogP contribution >= 0.6 is 11.3 Å². The lowest BCUT2D eigenvalue weighted by atomic mass is 10.1. The number of carbonyl (C=O) groups excluding carboxylic acids is 1. The van der Waals surface area contributed by atoms with E-state index in [0.717, 1.165) is 12.8 Å². The zero-order chi connectivity index (χ0) is 13.7. The molecule has 0 saturated carbocycles. The smallest absolute Gasteiger partial charge is 0.328 e. The van der Waals surface area contributed by atoms with Crippen molar-refractivity contribution in [3.8, 4) is 0 Å². The highest BCUT2D eigenvalue weighted by Crippen LogP contribution is 2.14. The molecule has 1 atom stereocenters. The number of thiophene rings is 1. The van der Waals surface area contributed by atoms with E-state index in [4.69, 9.17) is 9.84 Å². The molecule has 0 radical (unpaired) electrons. The topological polar surface area (TPSA) is 66.8 Å². The van der Waals surface area contributed by atoms with Crippen molar-refractivity contribution in [3.63, 3.8) is 0 Å². The lowest BCUT2D eigenvalue weighted by Crippen LogP contribution is -2.52. The molecule has 1 fully saturated rings. The highest BCUT2D eigenvalue weighted by molar-refractivity contribution is 7.09. The van der Waals surface area contributed by atoms with E-state index in [1.54, 1.807) is 11.3 Å². The van der Waals surface area contributed by atoms with Crippen LogP contribution in [0, 0.1) is 0 Å². The number of hydrogen-bond acceptors (Lipinski definition) is 4. The minimum atomic E-state index is -0.994. The van der Waals surface area contributed by atoms with Crippen LogP contribution in [0.15, 0.2) is 17.5 Å². The Morgan fingerprint density at radius 2 is 2.37 bits per heavy atom. The number of carboxylic acid groups (broad SMARTS) is 1. The van der Waals surface area contributed by atoms with Crippen molar-refractivity contribution in [3.05, 3.63) is 22.4 Å². The first-order valence-corrected chi connectivity index (χ1v) is 7.19. The molecule has 0 aromatic carbocycles. The van der Waals surface area contributed by atoms with Gasteiger partial charge in [0.15, 0.2) is 6.04 Å². The lowest BCUT2D eigenvalue weighted by Gasteiger charge is -2.32. The summed E-state index contributed by atoms with van der Waals surface area (Å²) < 4.78 is 5.11. The second kappa shape index (κ2) is 6.68. The zero-order valence-corrected chi connectivity index (χ0v) is 11.4. The number of amides is 1. The Kier molecular flexibility index (Phi) is 4.93. The monoisotopic (exact) mass is 283 g/mol. The van der Waals surface area contributed by atoms with Gasteiger partial charge in [-0.1, -0.05) is 6.07 Å². The van der Waals surface area contributed by atoms with Gasteiger partial charge in [0.05, 0.1) is 13.2 Å². The molecule has 1 aliphatic heterocycles. The number of carbonyl (C=O) groups is 2. The normalized spacial score (nSPS) is 19.4. The first kappa shape index (κ1) is 14.0. The Balaban J connectivity index is 1.82. The van der Waals surface area contributed by atoms with E-state index >= 15 is 0 Å². The van der Waals surface area contributed by atoms with Crippen LogP contribution in [0.25, 0.3) is 0 Å². The van der Waals surface area contributed by atoms with E-state index in [2.05, 4.69) is 0 Å². The molecule has 1 aromatic heterocycles. The van der Waals surface area contributed by atoms with Gasteiger partial charge in [0.2, 0.25) is 5.91 Å². The van der Waals surface area contributed by atoms with Crippen LogP contribution in [0.5, 0.6) is 0 Å². The predicted molar refractivity (Wildman–Crippen MR) is 71.2 cm³/mol. The van der Waals surface area contributed by atoms with Crippen molar-refractivity contribution < 1.29 is 19.4 Å². The highest BCUT2D eigenvalue weighted by atomic mass is 32.1. The van der Waals surface area contributed by atoms with Gasteiger partial charge in [-0.15, -0.1) is 11.3 Å². The fourth-order valence-electron chi connectivity index (χ4n) is 2.12. The van der Waals surface area contributed by atoms with Gasteiger partial charge in [0.25, 0.3) is 0 Å². The van der Waals surface area contributed by atoms with E-state index < -0.39 is 12.0 Å². The number of nitrogens with zero attached hydrogens (tertiary/aromatic N) is 1. The van der Waals surface area contributed by atoms with Crippen molar-refractivity contribution in [2.75, 3.05) is 19.8 Å². The average molecular weight is 283 g/mol. The second-order valence-electron chi connectivity index (χ2n) is 4.45. The first-order valence-electron chi connectivity index (χ1n) is 6.31. The fourth-order valence-corrected chi connectivity index (χ4v) is 2.87. The third kappa shape index (κ3) is 3.78. The van der Waals surface area contributed by atoms with Crippen molar-refractivity contribution in [1.29, 1.82) is 0 Å². The summed E-state index contributed by atoms with van der Waals surface area (Å²) in [6.07, 6.45) is 2.01. The van der Waals surface area contributed by atoms with Crippen LogP contribution < -0.4 is 0 Å². The van der Waals surface area contributed by atoms with Gasteiger partial charge in [0, 0.05) is 17.8 Å². The van der Waals surface area contributed by atoms with Gasteiger partial charge in [-0.2, -0.15) is 0 Å². The quantitative estimate of drug-likeness (QED) is 0.886. The number of ether oxygens (including phenoxy) is 1. The SMILES string of the molecule is O=C(O)[C@@H]1COCCN1C(=O)CCCc1cccs1. The first-order chi connectivity index (χ1) is 9.18. The minimum absolute atomic E-state index is 0.0893. The molecule has 1 aromatic rings. The Morgan fingerprint density at radius 3 is 3.05 bits per heavy atom. The van der Waals surface area contributed by atoms with Gasteiger partial charge in [-0.05, 0) is 24.3 Å². The van der Waals surface area contributed by atoms with E-state index in [1.165, 1.54) is 9.78 Å². The maximum absolute atomic E-state index is 12.1. The zero-order valence-electron chi connectivity index (χ0n) is 10.6. The summed E-state index contributed by atoms with van der Waals surface area (Å²) >= 11 is 1.68. The second-order valence-corrected chi connectivity index (χ2v) is 5.48. The van der Waals surface area contributed by atoms with Gasteiger partial charge in [-0.25, -0.2) is 4.79 Å². The molecule has 6 heteroatoms. The summed E-state index contributed by atoms with van der Waals surface area (Å²) in [5.41, 5.74) is 0. The summed E-state index contributed by atoms with van der Waals surface area (Å²) in [4.78, 5) is 25.8. The molecule has 0 bridgehead atoms. The van der Waals surface area contributed by atoms with E-state index in [-0.39, 0.29) is 12.5 Å². The van der Waals surface area contributed by atoms with E-state index in [9.17, 15) is 9.59 Å². The van der Waals surface area contributed by atoms with Crippen LogP contribution in [0.3, 0.4) is 0 Å². The third-order valence-corrected chi connectivity index (χ3v) is 4.06. The Bertz CT molecular complexity index is 432. The third-order valence-electron chi connectivity index (χ3n) is 3.13. The van der Waals surface area contributed by atoms with Crippen molar-refractivity contribution in [1.82, 2.24) is 4.90 Å². The molecule has 1 amide bonds. The number of rotatable bonds is 5. The summed E-state index contributed by atoms with van der Waals surface area (Å²) in [6.45, 7) is 0.876. The van der Waals surface area contributed by atoms with Gasteiger partial charge >= 0.3 is 5.97 Å². The predicted octanol–water partition coefficient (Wildman–Crippen LogP) is 1.38. The molecule has 0 unspecified atom stereocenters. The van der Waals surface area contributed by atoms with Crippen LogP contribution in [0.4, 0.5) is 0 Å². The van der Waals surface area contributed by atoms with E-state index in [0.29, 0.717) is 19.6 Å². The van der Waals surface area contributed by atoms with Crippen LogP contribution in [-0.4, -0.2) is 47.7 Å². The molecule has 0 spiro atoms. The van der Waals surface area contributed by atoms with Gasteiger partial charge in [0.1, 0.15) is 0 Å². The largest absolute Gasteiger partial charge is 0.480 e. The Morgan fingerprint density at radius 1 is 1.53 bits per heavy atom. The molecule has 5 nitrogen and oxygen atoms in total. The van der Waals surface area contributed by atoms with Crippen LogP contribution in [0.1, 0.15) is 17.7 Å². The van der Waals surface area contributed by atoms with Gasteiger partial charge < -0.3 is 14.7 Å². The number of hydrogen-bond donors (Lipinski definition) is 1. The molecule has 19 heavy (non-hydrogen) atoms. The summed E-state index contributed by atoms with van der Waals surface area (Å²) in [7, 11) is 0. The maximum Gasteiger partial charge on any atom is 0.328 e. The molecule has 2 heterocycles. The number of aliphatic carboxylic acids is 1. The van der Waals surface area contributed by atoms with Crippen LogP contribution in [0.2, 0.25) is 0 Å². The van der Waals surface area contributed by atoms with Crippen molar-refractivity contribution in [2.24, 2.45) is 0 Å². The molecule has 1 saturated heterocycles. The Labute approximate surface area is 115 Å². The van der Waals surface area contributed by atoms with Crippen molar-refractivity contribution >= 4 is 23.2 Å². The average Bonchev–Trinajstić information content (AvgIpc) is 2.91. The molecule has 0 aliphatic carbocycles. The van der Waals surface area contributed by atoms with Crippen molar-refractivity contribution in [2.45, 2.75) is 25.3 Å². The minimum Gasteiger partial charge on any atom is -0.480 e. The lowest BCUT2D eigenvalue weighted by molar-refractivity contribution is -0.158. The summed E-state index contributed by atoms with van der Waals surface area (Å²) in [5.74, 6) is -1.08. The molecule has 2 rings (SSSR count). The molecular weight excluding hydrogens is 266 g/mol. The molecule has 104 valence electrons. The molecule has 1 aliphatic rings. The maximum atomic E-state index is 12.1. The van der Waals surface area contributed by atoms with Crippen LogP contribution in [-0.2, 0) is 20.7 Å². The summed E-state index contributed by atoms with van der Waals surface area (Å²) in [5, 5.41) is 11.1. The fraction of sp³-hybridized carbons (Fsp3) is 0.538. The van der Waals surface area contributed by atoms with Gasteiger partial charge in [-0.3, -0.25) is 4.79 Å². The summed E-state index contributed by atoms with van der Waals surface area (Å²) in [6, 6.07) is 3.21. The number of aryl methyl sites for hydroxylation is 1. The highest BCUT2D eigenvalue weighted by Gasteiger charge is 2.32. The Hall–Kier alpha value is -1.40. The number of morpholine rings is 1. The standard InChI is InChI=1S/C13H17NO4S/c15-12(5-1-3-10-4-2-8-19-10)14-6-7-18-9-11(14)13(16)17/h2,4,8,11H,1,3,5-7,9H2,(H,16,17)/t11-/m0/s1. The number of carboxylic acids is 1. The van der Waals surface area contributed by atoms with E-state index in [1.807, 2.05) is 17.5 Å². The molecule has 1 N–H and O–H groups in total. The molecular formula is C13H17NO4S.